The molecule has 0 aromatic carbocycles. The number of hydrogen-bond acceptors (Lipinski definition) is 4. The summed E-state index contributed by atoms with van der Waals surface area (Å²) >= 11 is 0. The van der Waals surface area contributed by atoms with E-state index in [9.17, 15) is 19.2 Å². The fraction of sp³-hybridized carbons (Fsp3) is 0.600. The number of hydrogen-bond donors (Lipinski definition) is 4. The van der Waals surface area contributed by atoms with Crippen LogP contribution in [0.5, 0.6) is 0 Å². The zero-order valence-electron chi connectivity index (χ0n) is 9.20. The molecule has 1 aliphatic carbocycles. The van der Waals surface area contributed by atoms with Gasteiger partial charge in [0.05, 0.1) is 0 Å². The Morgan fingerprint density at radius 3 is 1.11 bits per heavy atom. The third-order valence-electron chi connectivity index (χ3n) is 3.42. The summed E-state index contributed by atoms with van der Waals surface area (Å²) in [7, 11) is 0. The van der Waals surface area contributed by atoms with Crippen LogP contribution < -0.4 is 0 Å². The summed E-state index contributed by atoms with van der Waals surface area (Å²) < 4.78 is 0. The van der Waals surface area contributed by atoms with E-state index < -0.39 is 41.1 Å². The first kappa shape index (κ1) is 13.9. The van der Waals surface area contributed by atoms with Gasteiger partial charge in [-0.15, -0.1) is 0 Å². The minimum atomic E-state index is -2.02. The van der Waals surface area contributed by atoms with Crippen molar-refractivity contribution in [2.75, 3.05) is 0 Å². The van der Waals surface area contributed by atoms with Crippen molar-refractivity contribution in [2.24, 2.45) is 17.3 Å². The second-order valence-corrected chi connectivity index (χ2v) is 4.31. The van der Waals surface area contributed by atoms with E-state index in [1.165, 1.54) is 0 Å². The maximum absolute atomic E-state index is 11.0. The predicted molar refractivity (Wildman–Crippen MR) is 53.8 cm³/mol. The third-order valence-corrected chi connectivity index (χ3v) is 3.42. The van der Waals surface area contributed by atoms with E-state index in [2.05, 4.69) is 0 Å². The van der Waals surface area contributed by atoms with Gasteiger partial charge in [0, 0.05) is 5.41 Å². The molecule has 0 aromatic rings. The molecule has 0 atom stereocenters. The molecule has 8 heteroatoms. The zero-order chi connectivity index (χ0) is 14.1. The molecule has 100 valence electrons. The van der Waals surface area contributed by atoms with Gasteiger partial charge in [0.2, 0.25) is 0 Å². The van der Waals surface area contributed by atoms with Crippen LogP contribution >= 0.6 is 0 Å². The molecule has 1 rings (SSSR count). The number of carboxylic acids is 4. The topological polar surface area (TPSA) is 149 Å². The van der Waals surface area contributed by atoms with E-state index in [0.717, 1.165) is 0 Å². The molecular weight excluding hydrogens is 248 g/mol. The predicted octanol–water partition coefficient (Wildman–Crippen LogP) is -0.273. The van der Waals surface area contributed by atoms with Crippen LogP contribution in [-0.4, -0.2) is 44.3 Å². The van der Waals surface area contributed by atoms with Gasteiger partial charge in [-0.1, -0.05) is 6.42 Å². The summed E-state index contributed by atoms with van der Waals surface area (Å²) in [6, 6.07) is 0. The molecule has 18 heavy (non-hydrogen) atoms. The van der Waals surface area contributed by atoms with Crippen molar-refractivity contribution in [3.05, 3.63) is 0 Å². The monoisotopic (exact) mass is 260 g/mol. The van der Waals surface area contributed by atoms with Gasteiger partial charge in [-0.25, -0.2) is 0 Å². The molecule has 0 heterocycles. The van der Waals surface area contributed by atoms with Gasteiger partial charge in [-0.05, 0) is 12.8 Å². The van der Waals surface area contributed by atoms with Crippen molar-refractivity contribution < 1.29 is 39.6 Å². The molecule has 0 spiro atoms. The van der Waals surface area contributed by atoms with Gasteiger partial charge in [0.1, 0.15) is 0 Å². The Bertz CT molecular complexity index is 346. The van der Waals surface area contributed by atoms with Gasteiger partial charge in [0.15, 0.2) is 11.8 Å². The lowest BCUT2D eigenvalue weighted by Gasteiger charge is -2.46. The first-order valence-corrected chi connectivity index (χ1v) is 5.15. The molecule has 0 amide bonds. The van der Waals surface area contributed by atoms with Crippen molar-refractivity contribution in [3.8, 4) is 0 Å². The highest BCUT2D eigenvalue weighted by molar-refractivity contribution is 5.99. The van der Waals surface area contributed by atoms with Crippen LogP contribution in [0.25, 0.3) is 0 Å². The first-order chi connectivity index (χ1) is 8.24. The van der Waals surface area contributed by atoms with Crippen LogP contribution in [0.3, 0.4) is 0 Å². The Morgan fingerprint density at radius 1 is 0.722 bits per heavy atom. The highest BCUT2D eigenvalue weighted by atomic mass is 16.4. The van der Waals surface area contributed by atoms with Crippen LogP contribution in [0, 0.1) is 17.3 Å². The molecule has 1 saturated carbocycles. The summed E-state index contributed by atoms with van der Waals surface area (Å²) in [4.78, 5) is 43.9. The van der Waals surface area contributed by atoms with Gasteiger partial charge >= 0.3 is 23.9 Å². The van der Waals surface area contributed by atoms with Gasteiger partial charge in [-0.3, -0.25) is 19.2 Å². The molecule has 4 N–H and O–H groups in total. The Hall–Kier alpha value is -2.12. The molecule has 0 unspecified atom stereocenters. The van der Waals surface area contributed by atoms with Crippen LogP contribution in [0.2, 0.25) is 0 Å². The Labute approximate surface area is 101 Å². The molecular formula is C10H12O8. The van der Waals surface area contributed by atoms with Crippen LogP contribution in [0.4, 0.5) is 0 Å². The maximum Gasteiger partial charge on any atom is 0.318 e. The normalized spacial score (nSPS) is 17.2. The smallest absolute Gasteiger partial charge is 0.318 e. The zero-order valence-corrected chi connectivity index (χ0v) is 9.20. The molecule has 0 radical (unpaired) electrons. The molecule has 1 fully saturated rings. The lowest BCUT2D eigenvalue weighted by molar-refractivity contribution is -0.180. The summed E-state index contributed by atoms with van der Waals surface area (Å²) in [5.41, 5.74) is -1.75. The largest absolute Gasteiger partial charge is 0.481 e. The highest BCUT2D eigenvalue weighted by Crippen LogP contribution is 2.53. The summed E-state index contributed by atoms with van der Waals surface area (Å²) in [6.07, 6.45) is 0.327. The number of carbonyl (C=O) groups is 4. The fourth-order valence-corrected chi connectivity index (χ4v) is 2.52. The van der Waals surface area contributed by atoms with E-state index in [1.807, 2.05) is 0 Å². The quantitative estimate of drug-likeness (QED) is 0.476. The summed E-state index contributed by atoms with van der Waals surface area (Å²) in [5.74, 6) is -10.9. The van der Waals surface area contributed by atoms with Crippen molar-refractivity contribution in [1.29, 1.82) is 0 Å². The van der Waals surface area contributed by atoms with Gasteiger partial charge in [0.25, 0.3) is 0 Å². The Balaban J connectivity index is 3.26. The number of aliphatic carboxylic acids is 4. The third kappa shape index (κ3) is 2.01. The van der Waals surface area contributed by atoms with Crippen LogP contribution in [0.15, 0.2) is 0 Å². The molecule has 0 saturated heterocycles. The second-order valence-electron chi connectivity index (χ2n) is 4.31. The van der Waals surface area contributed by atoms with Crippen molar-refractivity contribution in [2.45, 2.75) is 19.3 Å². The van der Waals surface area contributed by atoms with Crippen molar-refractivity contribution >= 4 is 23.9 Å². The van der Waals surface area contributed by atoms with Crippen LogP contribution in [-0.2, 0) is 19.2 Å². The van der Waals surface area contributed by atoms with E-state index in [0.29, 0.717) is 6.42 Å². The highest BCUT2D eigenvalue weighted by Gasteiger charge is 2.61. The first-order valence-electron chi connectivity index (χ1n) is 5.15. The summed E-state index contributed by atoms with van der Waals surface area (Å²) in [5, 5.41) is 35.6. The molecule has 8 nitrogen and oxygen atoms in total. The Kier molecular flexibility index (Phi) is 3.59. The van der Waals surface area contributed by atoms with Crippen molar-refractivity contribution in [3.63, 3.8) is 0 Å². The van der Waals surface area contributed by atoms with E-state index in [-0.39, 0.29) is 12.8 Å². The minimum absolute atomic E-state index is 0.0421. The molecule has 0 bridgehead atoms. The lowest BCUT2D eigenvalue weighted by Crippen LogP contribution is -2.55. The number of carboxylic acid groups (broad SMARTS) is 4. The molecule has 0 aromatic heterocycles. The summed E-state index contributed by atoms with van der Waals surface area (Å²) in [6.45, 7) is 0. The second kappa shape index (κ2) is 4.63. The van der Waals surface area contributed by atoms with E-state index >= 15 is 0 Å². The van der Waals surface area contributed by atoms with E-state index in [4.69, 9.17) is 20.4 Å². The van der Waals surface area contributed by atoms with Crippen molar-refractivity contribution in [1.82, 2.24) is 0 Å². The standard InChI is InChI=1S/C10H12O8/c11-6(12)4(7(13)14)10(2-1-3-10)5(8(15)16)9(17)18/h4-5H,1-3H2,(H,11,12)(H,13,14)(H,15,16)(H,17,18). The molecule has 1 aliphatic rings. The van der Waals surface area contributed by atoms with Gasteiger partial charge < -0.3 is 20.4 Å². The maximum atomic E-state index is 11.0. The average Bonchev–Trinajstić information content (AvgIpc) is 2.10. The average molecular weight is 260 g/mol. The fourth-order valence-electron chi connectivity index (χ4n) is 2.52. The lowest BCUT2D eigenvalue weighted by atomic mass is 9.54. The minimum Gasteiger partial charge on any atom is -0.481 e. The Morgan fingerprint density at radius 2 is 1.00 bits per heavy atom. The van der Waals surface area contributed by atoms with E-state index in [1.54, 1.807) is 0 Å². The van der Waals surface area contributed by atoms with Crippen LogP contribution in [0.1, 0.15) is 19.3 Å². The molecule has 0 aliphatic heterocycles. The van der Waals surface area contributed by atoms with Gasteiger partial charge in [-0.2, -0.15) is 0 Å². The number of rotatable bonds is 6. The SMILES string of the molecule is O=C(O)C(C(=O)O)C1(C(C(=O)O)C(=O)O)CCC1.